The van der Waals surface area contributed by atoms with E-state index in [2.05, 4.69) is 90.7 Å². The first kappa shape index (κ1) is 19.6. The lowest BCUT2D eigenvalue weighted by molar-refractivity contribution is -0.137. The van der Waals surface area contributed by atoms with Crippen molar-refractivity contribution in [2.24, 2.45) is 0 Å². The highest BCUT2D eigenvalue weighted by Gasteiger charge is 2.35. The van der Waals surface area contributed by atoms with Gasteiger partial charge in [-0.25, -0.2) is 0 Å². The largest absolute Gasteiger partial charge is 0.481 e. The summed E-state index contributed by atoms with van der Waals surface area (Å²) in [6.45, 7) is 3.08. The molecule has 0 aromatic heterocycles. The van der Waals surface area contributed by atoms with Crippen molar-refractivity contribution in [3.05, 3.63) is 83.1 Å². The smallest absolute Gasteiger partial charge is 0.303 e. The van der Waals surface area contributed by atoms with Crippen LogP contribution in [0.3, 0.4) is 0 Å². The highest BCUT2D eigenvalue weighted by atomic mass is 32.2. The van der Waals surface area contributed by atoms with Gasteiger partial charge in [0.15, 0.2) is 0 Å². The van der Waals surface area contributed by atoms with Gasteiger partial charge in [0.05, 0.1) is 16.3 Å². The van der Waals surface area contributed by atoms with Gasteiger partial charge in [0.1, 0.15) is 0 Å². The first-order valence-corrected chi connectivity index (χ1v) is 10.8. The highest BCUT2D eigenvalue weighted by molar-refractivity contribution is 8.03. The Labute approximate surface area is 176 Å². The van der Waals surface area contributed by atoms with Crippen LogP contribution in [0, 0.1) is 0 Å². The highest BCUT2D eigenvalue weighted by Crippen LogP contribution is 2.46. The Morgan fingerprint density at radius 1 is 1.21 bits per heavy atom. The van der Waals surface area contributed by atoms with Crippen LogP contribution in [0.2, 0.25) is 0 Å². The average Bonchev–Trinajstić information content (AvgIpc) is 3.02. The van der Waals surface area contributed by atoms with E-state index in [0.717, 1.165) is 13.0 Å². The second kappa shape index (κ2) is 7.99. The monoisotopic (exact) mass is 406 g/mol. The molecule has 1 atom stereocenters. The minimum Gasteiger partial charge on any atom is -0.481 e. The van der Waals surface area contributed by atoms with Crippen LogP contribution in [-0.4, -0.2) is 35.1 Å². The number of aliphatic carboxylic acids is 1. The molecule has 29 heavy (non-hydrogen) atoms. The molecule has 4 nitrogen and oxygen atoms in total. The van der Waals surface area contributed by atoms with Crippen molar-refractivity contribution < 1.29 is 9.90 Å². The molecule has 1 aliphatic carbocycles. The number of para-hydroxylation sites is 1. The summed E-state index contributed by atoms with van der Waals surface area (Å²) in [5.74, 6) is -0.723. The molecule has 1 aromatic carbocycles. The average molecular weight is 407 g/mol. The van der Waals surface area contributed by atoms with Crippen molar-refractivity contribution in [3.8, 4) is 0 Å². The van der Waals surface area contributed by atoms with Gasteiger partial charge in [-0.2, -0.15) is 0 Å². The molecule has 2 heterocycles. The third-order valence-electron chi connectivity index (χ3n) is 5.77. The molecule has 0 spiro atoms. The summed E-state index contributed by atoms with van der Waals surface area (Å²) in [6.07, 6.45) is 17.0. The lowest BCUT2D eigenvalue weighted by Crippen LogP contribution is -2.46. The minimum absolute atomic E-state index is 0.214. The SMILES string of the molecule is CN1/C(=C/C2=C3C=CC=CC3(C)N(CCCCC(=O)O)C=C2)Sc2ccccc21. The molecule has 3 aliphatic rings. The maximum Gasteiger partial charge on any atom is 0.303 e. The third kappa shape index (κ3) is 3.79. The summed E-state index contributed by atoms with van der Waals surface area (Å²) in [6, 6.07) is 8.48. The standard InChI is InChI=1S/C24H26N2O2S/c1-24-14-7-5-9-19(24)18(13-16-26(24)15-8-6-12-23(27)28)17-22-25(2)20-10-3-4-11-21(20)29-22/h3-5,7,9-11,13-14,16-17H,6,8,12,15H2,1-2H3,(H,27,28)/b22-17-. The van der Waals surface area contributed by atoms with Gasteiger partial charge in [0, 0.05) is 31.1 Å². The van der Waals surface area contributed by atoms with E-state index >= 15 is 0 Å². The van der Waals surface area contributed by atoms with Crippen LogP contribution in [0.1, 0.15) is 26.2 Å². The second-order valence-corrected chi connectivity index (χ2v) is 8.77. The number of nitrogens with zero attached hydrogens (tertiary/aromatic N) is 2. The number of allylic oxidation sites excluding steroid dienone is 5. The number of unbranched alkanes of at least 4 members (excludes halogenated alkanes) is 1. The van der Waals surface area contributed by atoms with Crippen molar-refractivity contribution in [1.29, 1.82) is 0 Å². The molecule has 0 saturated heterocycles. The molecule has 0 bridgehead atoms. The molecule has 150 valence electrons. The first-order chi connectivity index (χ1) is 14.0. The van der Waals surface area contributed by atoms with Crippen molar-refractivity contribution >= 4 is 23.4 Å². The predicted octanol–water partition coefficient (Wildman–Crippen LogP) is 5.34. The fourth-order valence-electron chi connectivity index (χ4n) is 4.08. The number of thioether (sulfide) groups is 1. The lowest BCUT2D eigenvalue weighted by atomic mass is 9.81. The van der Waals surface area contributed by atoms with Gasteiger partial charge in [-0.15, -0.1) is 0 Å². The molecular weight excluding hydrogens is 380 g/mol. The molecule has 0 fully saturated rings. The Hall–Kier alpha value is -2.66. The van der Waals surface area contributed by atoms with E-state index in [0.29, 0.717) is 6.42 Å². The van der Waals surface area contributed by atoms with Crippen molar-refractivity contribution in [2.45, 2.75) is 36.6 Å². The Balaban J connectivity index is 1.58. The summed E-state index contributed by atoms with van der Waals surface area (Å²) in [4.78, 5) is 16.7. The topological polar surface area (TPSA) is 43.8 Å². The number of hydrogen-bond donors (Lipinski definition) is 1. The molecule has 0 radical (unpaired) electrons. The number of anilines is 1. The Morgan fingerprint density at radius 2 is 2.03 bits per heavy atom. The number of carbonyl (C=O) groups is 1. The van der Waals surface area contributed by atoms with E-state index in [1.807, 2.05) is 0 Å². The van der Waals surface area contributed by atoms with Crippen molar-refractivity contribution in [3.63, 3.8) is 0 Å². The van der Waals surface area contributed by atoms with Gasteiger partial charge in [0.2, 0.25) is 0 Å². The molecular formula is C24H26N2O2S. The van der Waals surface area contributed by atoms with Crippen LogP contribution < -0.4 is 4.90 Å². The number of carboxylic acid groups (broad SMARTS) is 1. The van der Waals surface area contributed by atoms with E-state index in [1.165, 1.54) is 26.8 Å². The lowest BCUT2D eigenvalue weighted by Gasteiger charge is -2.44. The van der Waals surface area contributed by atoms with E-state index in [4.69, 9.17) is 5.11 Å². The third-order valence-corrected chi connectivity index (χ3v) is 6.94. The molecule has 4 rings (SSSR count). The zero-order valence-corrected chi connectivity index (χ0v) is 17.7. The maximum atomic E-state index is 10.8. The summed E-state index contributed by atoms with van der Waals surface area (Å²) in [5.41, 5.74) is 3.53. The van der Waals surface area contributed by atoms with Crippen molar-refractivity contribution in [2.75, 3.05) is 18.5 Å². The number of carboxylic acids is 1. The summed E-state index contributed by atoms with van der Waals surface area (Å²) in [5, 5.41) is 10.1. The van der Waals surface area contributed by atoms with Crippen LogP contribution in [0.15, 0.2) is 88.0 Å². The summed E-state index contributed by atoms with van der Waals surface area (Å²) < 4.78 is 0. The molecule has 5 heteroatoms. The number of benzene rings is 1. The first-order valence-electron chi connectivity index (χ1n) is 9.99. The fraction of sp³-hybridized carbons (Fsp3) is 0.292. The Morgan fingerprint density at radius 3 is 2.83 bits per heavy atom. The van der Waals surface area contributed by atoms with Crippen LogP contribution in [0.5, 0.6) is 0 Å². The fourth-order valence-corrected chi connectivity index (χ4v) is 5.18. The molecule has 1 N–H and O–H groups in total. The van der Waals surface area contributed by atoms with Crippen LogP contribution >= 0.6 is 11.8 Å². The number of hydrogen-bond acceptors (Lipinski definition) is 4. The van der Waals surface area contributed by atoms with Gasteiger partial charge in [0.25, 0.3) is 0 Å². The van der Waals surface area contributed by atoms with Gasteiger partial charge in [-0.3, -0.25) is 4.79 Å². The Kier molecular flexibility index (Phi) is 5.41. The zero-order chi connectivity index (χ0) is 20.4. The zero-order valence-electron chi connectivity index (χ0n) is 16.8. The molecule has 2 aliphatic heterocycles. The number of rotatable bonds is 6. The van der Waals surface area contributed by atoms with E-state index < -0.39 is 5.97 Å². The molecule has 0 saturated carbocycles. The van der Waals surface area contributed by atoms with E-state index in [-0.39, 0.29) is 12.0 Å². The second-order valence-electron chi connectivity index (χ2n) is 7.71. The molecule has 1 unspecified atom stereocenters. The van der Waals surface area contributed by atoms with Crippen LogP contribution in [0.4, 0.5) is 5.69 Å². The quantitative estimate of drug-likeness (QED) is 0.647. The Bertz CT molecular complexity index is 973. The van der Waals surface area contributed by atoms with E-state index in [1.54, 1.807) is 11.8 Å². The number of fused-ring (bicyclic) bond motifs is 2. The van der Waals surface area contributed by atoms with Crippen LogP contribution in [0.25, 0.3) is 0 Å². The summed E-state index contributed by atoms with van der Waals surface area (Å²) in [7, 11) is 2.12. The molecule has 0 amide bonds. The van der Waals surface area contributed by atoms with Crippen LogP contribution in [-0.2, 0) is 4.79 Å². The van der Waals surface area contributed by atoms with Crippen molar-refractivity contribution in [1.82, 2.24) is 4.90 Å². The van der Waals surface area contributed by atoms with Gasteiger partial charge in [-0.05, 0) is 55.2 Å². The summed E-state index contributed by atoms with van der Waals surface area (Å²) >= 11 is 1.80. The van der Waals surface area contributed by atoms with Gasteiger partial charge >= 0.3 is 5.97 Å². The minimum atomic E-state index is -0.723. The molecule has 1 aromatic rings. The van der Waals surface area contributed by atoms with E-state index in [9.17, 15) is 4.79 Å². The van der Waals surface area contributed by atoms with Gasteiger partial charge < -0.3 is 14.9 Å². The van der Waals surface area contributed by atoms with Gasteiger partial charge in [-0.1, -0.05) is 48.2 Å². The predicted molar refractivity (Wildman–Crippen MR) is 120 cm³/mol. The normalized spacial score (nSPS) is 23.7. The maximum absolute atomic E-state index is 10.8.